The Morgan fingerprint density at radius 1 is 1.05 bits per heavy atom. The summed E-state index contributed by atoms with van der Waals surface area (Å²) in [7, 11) is 0. The van der Waals surface area contributed by atoms with Crippen LogP contribution in [0, 0.1) is 6.92 Å². The summed E-state index contributed by atoms with van der Waals surface area (Å²) in [4.78, 5) is 9.04. The van der Waals surface area contributed by atoms with Crippen LogP contribution in [0.2, 0.25) is 0 Å². The van der Waals surface area contributed by atoms with Gasteiger partial charge in [-0.05, 0) is 38.1 Å². The highest BCUT2D eigenvalue weighted by Gasteiger charge is 2.07. The van der Waals surface area contributed by atoms with Gasteiger partial charge in [0.1, 0.15) is 17.3 Å². The van der Waals surface area contributed by atoms with E-state index in [1.54, 1.807) is 0 Å². The van der Waals surface area contributed by atoms with Gasteiger partial charge in [0.15, 0.2) is 0 Å². The van der Waals surface area contributed by atoms with E-state index in [2.05, 4.69) is 20.6 Å². The van der Waals surface area contributed by atoms with E-state index in [1.165, 1.54) is 0 Å². The van der Waals surface area contributed by atoms with Crippen molar-refractivity contribution >= 4 is 22.7 Å². The van der Waals surface area contributed by atoms with Gasteiger partial charge in [0.25, 0.3) is 0 Å². The number of nitrogens with one attached hydrogen (secondary N) is 2. The van der Waals surface area contributed by atoms with Crippen molar-refractivity contribution in [2.45, 2.75) is 20.4 Å². The zero-order valence-corrected chi connectivity index (χ0v) is 12.2. The minimum atomic E-state index is 0.598. The number of benzene rings is 1. The molecule has 0 aliphatic rings. The van der Waals surface area contributed by atoms with Crippen molar-refractivity contribution < 1.29 is 4.42 Å². The van der Waals surface area contributed by atoms with Crippen molar-refractivity contribution in [3.63, 3.8) is 0 Å². The van der Waals surface area contributed by atoms with Crippen LogP contribution < -0.4 is 10.6 Å². The molecular formula is C16H18N4O. The number of para-hydroxylation sites is 1. The van der Waals surface area contributed by atoms with Crippen LogP contribution in [0.5, 0.6) is 0 Å². The van der Waals surface area contributed by atoms with Gasteiger partial charge in [-0.3, -0.25) is 0 Å². The fourth-order valence-corrected chi connectivity index (χ4v) is 2.20. The lowest BCUT2D eigenvalue weighted by Crippen LogP contribution is -2.07. The molecule has 2 heterocycles. The van der Waals surface area contributed by atoms with Crippen LogP contribution in [0.4, 0.5) is 11.8 Å². The highest BCUT2D eigenvalue weighted by Crippen LogP contribution is 2.22. The summed E-state index contributed by atoms with van der Waals surface area (Å²) in [5.74, 6) is 3.24. The predicted molar refractivity (Wildman–Crippen MR) is 84.5 cm³/mol. The fraction of sp³-hybridized carbons (Fsp3) is 0.250. The summed E-state index contributed by atoms with van der Waals surface area (Å²) in [6.07, 6.45) is 0. The molecule has 108 valence electrons. The third-order valence-corrected chi connectivity index (χ3v) is 3.16. The third-order valence-electron chi connectivity index (χ3n) is 3.16. The van der Waals surface area contributed by atoms with Crippen LogP contribution >= 0.6 is 0 Å². The van der Waals surface area contributed by atoms with Crippen molar-refractivity contribution in [1.29, 1.82) is 0 Å². The van der Waals surface area contributed by atoms with E-state index in [9.17, 15) is 0 Å². The molecule has 0 atom stereocenters. The van der Waals surface area contributed by atoms with Crippen molar-refractivity contribution in [3.8, 4) is 0 Å². The summed E-state index contributed by atoms with van der Waals surface area (Å²) in [5.41, 5.74) is 0.918. The Kier molecular flexibility index (Phi) is 3.73. The second-order valence-corrected chi connectivity index (χ2v) is 4.81. The smallest absolute Gasteiger partial charge is 0.225 e. The Labute approximate surface area is 123 Å². The zero-order valence-electron chi connectivity index (χ0n) is 12.2. The first-order valence-electron chi connectivity index (χ1n) is 7.06. The molecule has 3 aromatic rings. The van der Waals surface area contributed by atoms with Gasteiger partial charge in [-0.2, -0.15) is 4.98 Å². The molecule has 0 bridgehead atoms. The molecule has 5 nitrogen and oxygen atoms in total. The van der Waals surface area contributed by atoms with Crippen LogP contribution in [-0.2, 0) is 6.54 Å². The van der Waals surface area contributed by atoms with Gasteiger partial charge < -0.3 is 15.1 Å². The average molecular weight is 282 g/mol. The maximum Gasteiger partial charge on any atom is 0.225 e. The van der Waals surface area contributed by atoms with Crippen molar-refractivity contribution in [2.75, 3.05) is 17.2 Å². The van der Waals surface area contributed by atoms with E-state index in [0.29, 0.717) is 12.5 Å². The number of rotatable bonds is 5. The number of aromatic nitrogens is 2. The lowest BCUT2D eigenvalue weighted by atomic mass is 10.2. The van der Waals surface area contributed by atoms with E-state index in [-0.39, 0.29) is 0 Å². The van der Waals surface area contributed by atoms with Crippen LogP contribution in [0.15, 0.2) is 40.8 Å². The van der Waals surface area contributed by atoms with Crippen LogP contribution in [0.1, 0.15) is 18.4 Å². The van der Waals surface area contributed by atoms with E-state index >= 15 is 0 Å². The first-order chi connectivity index (χ1) is 10.3. The summed E-state index contributed by atoms with van der Waals surface area (Å²) in [6.45, 7) is 5.35. The van der Waals surface area contributed by atoms with Crippen LogP contribution in [0.3, 0.4) is 0 Å². The van der Waals surface area contributed by atoms with Gasteiger partial charge in [-0.1, -0.05) is 12.1 Å². The van der Waals surface area contributed by atoms with Gasteiger partial charge >= 0.3 is 0 Å². The maximum absolute atomic E-state index is 5.57. The molecule has 0 saturated heterocycles. The number of aryl methyl sites for hydroxylation is 1. The second-order valence-electron chi connectivity index (χ2n) is 4.81. The molecule has 2 aromatic heterocycles. The van der Waals surface area contributed by atoms with Gasteiger partial charge in [-0.15, -0.1) is 0 Å². The molecule has 0 fully saturated rings. The molecule has 0 aliphatic heterocycles. The Hall–Kier alpha value is -2.56. The van der Waals surface area contributed by atoms with E-state index < -0.39 is 0 Å². The number of hydrogen-bond donors (Lipinski definition) is 2. The van der Waals surface area contributed by atoms with Gasteiger partial charge in [0.2, 0.25) is 5.95 Å². The third kappa shape index (κ3) is 2.97. The summed E-state index contributed by atoms with van der Waals surface area (Å²) in [5, 5.41) is 7.49. The van der Waals surface area contributed by atoms with Crippen LogP contribution in [0.25, 0.3) is 10.9 Å². The van der Waals surface area contributed by atoms with Crippen molar-refractivity contribution in [1.82, 2.24) is 9.97 Å². The molecule has 2 N–H and O–H groups in total. The molecule has 3 rings (SSSR count). The van der Waals surface area contributed by atoms with Gasteiger partial charge in [0, 0.05) is 11.9 Å². The quantitative estimate of drug-likeness (QED) is 0.749. The summed E-state index contributed by atoms with van der Waals surface area (Å²) >= 11 is 0. The van der Waals surface area contributed by atoms with E-state index in [4.69, 9.17) is 4.42 Å². The molecule has 0 amide bonds. The molecule has 1 aromatic carbocycles. The zero-order chi connectivity index (χ0) is 14.7. The molecule has 0 unspecified atom stereocenters. The van der Waals surface area contributed by atoms with E-state index in [0.717, 1.165) is 34.8 Å². The highest BCUT2D eigenvalue weighted by molar-refractivity contribution is 5.89. The van der Waals surface area contributed by atoms with Crippen molar-refractivity contribution in [3.05, 3.63) is 47.9 Å². The van der Waals surface area contributed by atoms with Gasteiger partial charge in [-0.25, -0.2) is 4.98 Å². The fourth-order valence-electron chi connectivity index (χ4n) is 2.20. The Morgan fingerprint density at radius 2 is 1.90 bits per heavy atom. The largest absolute Gasteiger partial charge is 0.465 e. The number of anilines is 2. The summed E-state index contributed by atoms with van der Waals surface area (Å²) < 4.78 is 5.57. The number of nitrogens with zero attached hydrogens (tertiary/aromatic N) is 2. The number of furan rings is 1. The van der Waals surface area contributed by atoms with Gasteiger partial charge in [0.05, 0.1) is 12.1 Å². The number of hydrogen-bond acceptors (Lipinski definition) is 5. The Morgan fingerprint density at radius 3 is 2.67 bits per heavy atom. The standard InChI is InChI=1S/C16H18N4O/c1-3-17-16-19-14-7-5-4-6-13(14)15(20-16)18-10-12-9-8-11(2)21-12/h4-9H,3,10H2,1-2H3,(H2,17,18,19,20). The Bertz CT molecular complexity index is 751. The lowest BCUT2D eigenvalue weighted by Gasteiger charge is -2.10. The lowest BCUT2D eigenvalue weighted by molar-refractivity contribution is 0.490. The van der Waals surface area contributed by atoms with Crippen molar-refractivity contribution in [2.24, 2.45) is 0 Å². The Balaban J connectivity index is 1.91. The number of fused-ring (bicyclic) bond motifs is 1. The molecule has 5 heteroatoms. The highest BCUT2D eigenvalue weighted by atomic mass is 16.3. The molecule has 0 aliphatic carbocycles. The molecule has 0 radical (unpaired) electrons. The first-order valence-corrected chi connectivity index (χ1v) is 7.06. The normalized spacial score (nSPS) is 10.8. The second kappa shape index (κ2) is 5.83. The topological polar surface area (TPSA) is 63.0 Å². The molecule has 21 heavy (non-hydrogen) atoms. The first kappa shape index (κ1) is 13.4. The molecule has 0 saturated carbocycles. The monoisotopic (exact) mass is 282 g/mol. The molecule has 0 spiro atoms. The minimum absolute atomic E-state index is 0.598. The minimum Gasteiger partial charge on any atom is -0.465 e. The maximum atomic E-state index is 5.57. The summed E-state index contributed by atoms with van der Waals surface area (Å²) in [6, 6.07) is 11.9. The average Bonchev–Trinajstić information content (AvgIpc) is 2.91. The van der Waals surface area contributed by atoms with Crippen LogP contribution in [-0.4, -0.2) is 16.5 Å². The van der Waals surface area contributed by atoms with E-state index in [1.807, 2.05) is 50.2 Å². The predicted octanol–water partition coefficient (Wildman–Crippen LogP) is 3.58. The molecular weight excluding hydrogens is 264 g/mol. The SMILES string of the molecule is CCNc1nc(NCc2ccc(C)o2)c2ccccc2n1.